The van der Waals surface area contributed by atoms with Crippen LogP contribution in [0.3, 0.4) is 0 Å². The SMILES string of the molecule is CS(=O)(=O)CCC(=O)N1CCN(c2ccccc2C#N)CC1. The zero-order valence-electron chi connectivity index (χ0n) is 12.5. The molecular weight excluding hydrogens is 302 g/mol. The van der Waals surface area contributed by atoms with Gasteiger partial charge >= 0.3 is 0 Å². The van der Waals surface area contributed by atoms with E-state index in [0.717, 1.165) is 11.9 Å². The molecule has 0 saturated carbocycles. The Balaban J connectivity index is 1.93. The molecule has 0 aliphatic carbocycles. The second-order valence-electron chi connectivity index (χ2n) is 5.38. The van der Waals surface area contributed by atoms with Crippen LogP contribution in [0.5, 0.6) is 0 Å². The van der Waals surface area contributed by atoms with Crippen LogP contribution in [0.1, 0.15) is 12.0 Å². The Labute approximate surface area is 130 Å². The zero-order chi connectivity index (χ0) is 16.2. The molecule has 0 bridgehead atoms. The second kappa shape index (κ2) is 6.79. The highest BCUT2D eigenvalue weighted by molar-refractivity contribution is 7.90. The predicted octanol–water partition coefficient (Wildman–Crippen LogP) is 0.642. The van der Waals surface area contributed by atoms with Crippen molar-refractivity contribution < 1.29 is 13.2 Å². The van der Waals surface area contributed by atoms with Gasteiger partial charge in [-0.05, 0) is 12.1 Å². The molecule has 1 aromatic carbocycles. The molecule has 1 amide bonds. The summed E-state index contributed by atoms with van der Waals surface area (Å²) in [4.78, 5) is 15.8. The number of hydrogen-bond donors (Lipinski definition) is 0. The Morgan fingerprint density at radius 3 is 2.45 bits per heavy atom. The van der Waals surface area contributed by atoms with Crippen LogP contribution in [0.15, 0.2) is 24.3 Å². The van der Waals surface area contributed by atoms with Gasteiger partial charge in [0.1, 0.15) is 15.9 Å². The molecule has 1 aliphatic heterocycles. The number of sulfone groups is 1. The lowest BCUT2D eigenvalue weighted by atomic mass is 10.1. The van der Waals surface area contributed by atoms with Gasteiger partial charge in [0.25, 0.3) is 0 Å². The summed E-state index contributed by atoms with van der Waals surface area (Å²) in [5.74, 6) is -0.234. The first-order valence-corrected chi connectivity index (χ1v) is 9.16. The van der Waals surface area contributed by atoms with Crippen molar-refractivity contribution in [3.8, 4) is 6.07 Å². The molecular formula is C15H19N3O3S. The third-order valence-electron chi connectivity index (χ3n) is 3.68. The highest BCUT2D eigenvalue weighted by Gasteiger charge is 2.23. The molecule has 6 nitrogen and oxygen atoms in total. The molecule has 0 aromatic heterocycles. The quantitative estimate of drug-likeness (QED) is 0.813. The zero-order valence-corrected chi connectivity index (χ0v) is 13.3. The predicted molar refractivity (Wildman–Crippen MR) is 84.3 cm³/mol. The normalized spacial score (nSPS) is 15.5. The van der Waals surface area contributed by atoms with Crippen molar-refractivity contribution in [2.75, 3.05) is 43.1 Å². The summed E-state index contributed by atoms with van der Waals surface area (Å²) in [5, 5.41) is 9.14. The monoisotopic (exact) mass is 321 g/mol. The van der Waals surface area contributed by atoms with Crippen molar-refractivity contribution in [1.82, 2.24) is 4.90 Å². The van der Waals surface area contributed by atoms with Crippen molar-refractivity contribution >= 4 is 21.4 Å². The number of amides is 1. The fourth-order valence-electron chi connectivity index (χ4n) is 2.47. The van der Waals surface area contributed by atoms with Gasteiger partial charge in [-0.25, -0.2) is 8.42 Å². The number of rotatable bonds is 4. The first kappa shape index (κ1) is 16.3. The molecule has 7 heteroatoms. The van der Waals surface area contributed by atoms with Crippen LogP contribution in [-0.4, -0.2) is 57.4 Å². The number of carbonyl (C=O) groups excluding carboxylic acids is 1. The van der Waals surface area contributed by atoms with Gasteiger partial charge in [0.2, 0.25) is 5.91 Å². The van der Waals surface area contributed by atoms with E-state index in [1.54, 1.807) is 11.0 Å². The highest BCUT2D eigenvalue weighted by atomic mass is 32.2. The molecule has 1 heterocycles. The molecule has 2 rings (SSSR count). The summed E-state index contributed by atoms with van der Waals surface area (Å²) in [6, 6.07) is 9.57. The van der Waals surface area contributed by atoms with Crippen LogP contribution in [0.2, 0.25) is 0 Å². The molecule has 118 valence electrons. The molecule has 0 radical (unpaired) electrons. The van der Waals surface area contributed by atoms with Gasteiger partial charge in [0, 0.05) is 38.9 Å². The van der Waals surface area contributed by atoms with Gasteiger partial charge in [-0.3, -0.25) is 4.79 Å². The topological polar surface area (TPSA) is 81.5 Å². The number of anilines is 1. The molecule has 1 saturated heterocycles. The number of piperazine rings is 1. The Bertz CT molecular complexity index is 686. The Kier molecular flexibility index (Phi) is 5.03. The standard InChI is InChI=1S/C15H19N3O3S/c1-22(20,21)11-6-15(19)18-9-7-17(8-10-18)14-5-3-2-4-13(14)12-16/h2-5H,6-11H2,1H3. The van der Waals surface area contributed by atoms with E-state index in [9.17, 15) is 13.2 Å². The first-order valence-electron chi connectivity index (χ1n) is 7.10. The van der Waals surface area contributed by atoms with Crippen molar-refractivity contribution in [1.29, 1.82) is 5.26 Å². The van der Waals surface area contributed by atoms with Crippen LogP contribution in [0, 0.1) is 11.3 Å². The van der Waals surface area contributed by atoms with Crippen LogP contribution >= 0.6 is 0 Å². The molecule has 1 aromatic rings. The first-order chi connectivity index (χ1) is 10.4. The summed E-state index contributed by atoms with van der Waals surface area (Å²) < 4.78 is 22.2. The maximum atomic E-state index is 12.0. The van der Waals surface area contributed by atoms with Gasteiger partial charge in [-0.1, -0.05) is 12.1 Å². The van der Waals surface area contributed by atoms with Gasteiger partial charge in [0.15, 0.2) is 0 Å². The van der Waals surface area contributed by atoms with Crippen LogP contribution in [-0.2, 0) is 14.6 Å². The average molecular weight is 321 g/mol. The summed E-state index contributed by atoms with van der Waals surface area (Å²) in [6.07, 6.45) is 1.17. The fourth-order valence-corrected chi connectivity index (χ4v) is 3.02. The van der Waals surface area contributed by atoms with E-state index < -0.39 is 9.84 Å². The van der Waals surface area contributed by atoms with Gasteiger partial charge in [0.05, 0.1) is 17.0 Å². The van der Waals surface area contributed by atoms with Crippen LogP contribution in [0.25, 0.3) is 0 Å². The third-order valence-corrected chi connectivity index (χ3v) is 4.63. The third kappa shape index (κ3) is 4.21. The van der Waals surface area contributed by atoms with Crippen LogP contribution < -0.4 is 4.90 Å². The second-order valence-corrected chi connectivity index (χ2v) is 7.64. The minimum absolute atomic E-state index is 0.0353. The number of para-hydroxylation sites is 1. The molecule has 0 N–H and O–H groups in total. The summed E-state index contributed by atoms with van der Waals surface area (Å²) >= 11 is 0. The van der Waals surface area contributed by atoms with Crippen molar-refractivity contribution in [3.05, 3.63) is 29.8 Å². The number of nitrogens with zero attached hydrogens (tertiary/aromatic N) is 3. The molecule has 0 unspecified atom stereocenters. The lowest BCUT2D eigenvalue weighted by molar-refractivity contribution is -0.131. The van der Waals surface area contributed by atoms with E-state index in [4.69, 9.17) is 5.26 Å². The number of hydrogen-bond acceptors (Lipinski definition) is 5. The fraction of sp³-hybridized carbons (Fsp3) is 0.467. The van der Waals surface area contributed by atoms with Gasteiger partial charge < -0.3 is 9.80 Å². The van der Waals surface area contributed by atoms with E-state index in [1.807, 2.05) is 18.2 Å². The largest absolute Gasteiger partial charge is 0.367 e. The smallest absolute Gasteiger partial charge is 0.223 e. The Morgan fingerprint density at radius 1 is 1.23 bits per heavy atom. The molecule has 0 atom stereocenters. The van der Waals surface area contributed by atoms with E-state index in [-0.39, 0.29) is 18.1 Å². The minimum Gasteiger partial charge on any atom is -0.367 e. The summed E-state index contributed by atoms with van der Waals surface area (Å²) in [5.41, 5.74) is 1.51. The van der Waals surface area contributed by atoms with Crippen LogP contribution in [0.4, 0.5) is 5.69 Å². The number of benzene rings is 1. The Hall–Kier alpha value is -2.07. The number of nitriles is 1. The highest BCUT2D eigenvalue weighted by Crippen LogP contribution is 2.21. The van der Waals surface area contributed by atoms with Crippen molar-refractivity contribution in [3.63, 3.8) is 0 Å². The van der Waals surface area contributed by atoms with Gasteiger partial charge in [-0.15, -0.1) is 0 Å². The lowest BCUT2D eigenvalue weighted by Gasteiger charge is -2.36. The molecule has 0 spiro atoms. The number of carbonyl (C=O) groups is 1. The van der Waals surface area contributed by atoms with E-state index in [1.165, 1.54) is 0 Å². The van der Waals surface area contributed by atoms with Gasteiger partial charge in [-0.2, -0.15) is 5.26 Å². The van der Waals surface area contributed by atoms with Crippen molar-refractivity contribution in [2.24, 2.45) is 0 Å². The molecule has 1 aliphatic rings. The lowest BCUT2D eigenvalue weighted by Crippen LogP contribution is -2.49. The summed E-state index contributed by atoms with van der Waals surface area (Å²) in [7, 11) is -3.11. The molecule has 22 heavy (non-hydrogen) atoms. The average Bonchev–Trinajstić information content (AvgIpc) is 2.52. The molecule has 1 fully saturated rings. The summed E-state index contributed by atoms with van der Waals surface area (Å²) in [6.45, 7) is 2.37. The Morgan fingerprint density at radius 2 is 1.86 bits per heavy atom. The van der Waals surface area contributed by atoms with E-state index in [2.05, 4.69) is 11.0 Å². The van der Waals surface area contributed by atoms with Crippen molar-refractivity contribution in [2.45, 2.75) is 6.42 Å². The maximum Gasteiger partial charge on any atom is 0.223 e. The van der Waals surface area contributed by atoms with E-state index in [0.29, 0.717) is 31.7 Å². The maximum absolute atomic E-state index is 12.0. The van der Waals surface area contributed by atoms with E-state index >= 15 is 0 Å². The minimum atomic E-state index is -3.11.